The molecule has 0 atom stereocenters. The van der Waals surface area contributed by atoms with E-state index in [2.05, 4.69) is 0 Å². The molecular weight excluding hydrogens is 450 g/mol. The van der Waals surface area contributed by atoms with Gasteiger partial charge in [0.2, 0.25) is 0 Å². The second-order valence-corrected chi connectivity index (χ2v) is 7.23. The van der Waals surface area contributed by atoms with Crippen molar-refractivity contribution in [3.63, 3.8) is 0 Å². The first-order chi connectivity index (χ1) is 13.5. The summed E-state index contributed by atoms with van der Waals surface area (Å²) in [5.41, 5.74) is 0. The zero-order valence-corrected chi connectivity index (χ0v) is 19.0. The van der Waals surface area contributed by atoms with E-state index in [-0.39, 0.29) is 22.4 Å². The van der Waals surface area contributed by atoms with Gasteiger partial charge in [0, 0.05) is 19.8 Å². The van der Waals surface area contributed by atoms with Crippen molar-refractivity contribution >= 4 is 46.4 Å². The van der Waals surface area contributed by atoms with E-state index in [1.54, 1.807) is 12.1 Å². The number of rotatable bonds is 15. The molecule has 1 aromatic carbocycles. The Morgan fingerprint density at radius 2 is 1.50 bits per heavy atom. The van der Waals surface area contributed by atoms with Crippen LogP contribution >= 0.6 is 46.4 Å². The van der Waals surface area contributed by atoms with Gasteiger partial charge in [0.05, 0.1) is 13.2 Å². The standard InChI is InChI=1S/C19H26Cl4O5/c1-3-25-17(26-4-2)13-24-10-5-6-11-27-14-7-8-15(19(23)18(14)22)28-12-9-16(20)21/h7-9,17H,3-6,10-13H2,1-2H3. The molecule has 0 aliphatic carbocycles. The minimum Gasteiger partial charge on any atom is -0.492 e. The second-order valence-electron chi connectivity index (χ2n) is 5.47. The fourth-order valence-corrected chi connectivity index (χ4v) is 2.66. The fourth-order valence-electron chi connectivity index (χ4n) is 2.12. The van der Waals surface area contributed by atoms with Crippen molar-refractivity contribution in [3.8, 4) is 11.5 Å². The molecule has 5 nitrogen and oxygen atoms in total. The first-order valence-corrected chi connectivity index (χ1v) is 10.6. The van der Waals surface area contributed by atoms with Crippen molar-refractivity contribution in [2.75, 3.05) is 39.6 Å². The average molecular weight is 476 g/mol. The number of ether oxygens (including phenoxy) is 5. The first kappa shape index (κ1) is 25.6. The Labute approximate surface area is 186 Å². The van der Waals surface area contributed by atoms with Gasteiger partial charge in [-0.1, -0.05) is 46.4 Å². The van der Waals surface area contributed by atoms with Crippen LogP contribution in [0.25, 0.3) is 0 Å². The Hall–Kier alpha value is -0.400. The molecule has 0 N–H and O–H groups in total. The van der Waals surface area contributed by atoms with Gasteiger partial charge in [0.25, 0.3) is 0 Å². The van der Waals surface area contributed by atoms with E-state index in [9.17, 15) is 0 Å². The summed E-state index contributed by atoms with van der Waals surface area (Å²) in [6, 6.07) is 3.39. The molecule has 28 heavy (non-hydrogen) atoms. The van der Waals surface area contributed by atoms with Crippen molar-refractivity contribution in [3.05, 3.63) is 32.7 Å². The molecule has 0 saturated carbocycles. The Bertz CT molecular complexity index is 588. The highest BCUT2D eigenvalue weighted by Gasteiger charge is 2.12. The summed E-state index contributed by atoms with van der Waals surface area (Å²) in [4.78, 5) is 0. The summed E-state index contributed by atoms with van der Waals surface area (Å²) < 4.78 is 27.7. The van der Waals surface area contributed by atoms with E-state index in [1.165, 1.54) is 6.08 Å². The number of unbranched alkanes of at least 4 members (excludes halogenated alkanes) is 1. The SMILES string of the molecule is CCOC(COCCCCOc1ccc(OCC=C(Cl)Cl)c(Cl)c1Cl)OCC. The van der Waals surface area contributed by atoms with E-state index in [4.69, 9.17) is 70.1 Å². The quantitative estimate of drug-likeness (QED) is 0.221. The van der Waals surface area contributed by atoms with E-state index in [1.807, 2.05) is 13.8 Å². The number of halogens is 4. The molecule has 0 amide bonds. The van der Waals surface area contributed by atoms with E-state index >= 15 is 0 Å². The third-order valence-electron chi connectivity index (χ3n) is 3.39. The van der Waals surface area contributed by atoms with Crippen molar-refractivity contribution in [1.29, 1.82) is 0 Å². The highest BCUT2D eigenvalue weighted by Crippen LogP contribution is 2.39. The van der Waals surface area contributed by atoms with Crippen LogP contribution < -0.4 is 9.47 Å². The Kier molecular flexibility index (Phi) is 14.1. The molecule has 160 valence electrons. The smallest absolute Gasteiger partial charge is 0.180 e. The monoisotopic (exact) mass is 474 g/mol. The van der Waals surface area contributed by atoms with Crippen molar-refractivity contribution < 1.29 is 23.7 Å². The molecule has 0 fully saturated rings. The third-order valence-corrected chi connectivity index (χ3v) is 4.54. The van der Waals surface area contributed by atoms with Crippen LogP contribution in [0, 0.1) is 0 Å². The van der Waals surface area contributed by atoms with Gasteiger partial charge in [0.1, 0.15) is 32.6 Å². The summed E-state index contributed by atoms with van der Waals surface area (Å²) in [5.74, 6) is 0.926. The first-order valence-electron chi connectivity index (χ1n) is 9.05. The molecule has 0 unspecified atom stereocenters. The molecule has 0 radical (unpaired) electrons. The number of benzene rings is 1. The van der Waals surface area contributed by atoms with Gasteiger partial charge in [0.15, 0.2) is 6.29 Å². The lowest BCUT2D eigenvalue weighted by Crippen LogP contribution is -2.23. The van der Waals surface area contributed by atoms with Gasteiger partial charge in [-0.15, -0.1) is 0 Å². The number of hydrogen-bond donors (Lipinski definition) is 0. The van der Waals surface area contributed by atoms with Gasteiger partial charge in [-0.25, -0.2) is 0 Å². The topological polar surface area (TPSA) is 46.2 Å². The molecule has 0 aromatic heterocycles. The van der Waals surface area contributed by atoms with Gasteiger partial charge in [-0.3, -0.25) is 0 Å². The van der Waals surface area contributed by atoms with Gasteiger partial charge in [-0.2, -0.15) is 0 Å². The molecule has 0 aliphatic heterocycles. The molecular formula is C19H26Cl4O5. The van der Waals surface area contributed by atoms with Gasteiger partial charge >= 0.3 is 0 Å². The molecule has 1 aromatic rings. The van der Waals surface area contributed by atoms with Crippen LogP contribution in [0.3, 0.4) is 0 Å². The lowest BCUT2D eigenvalue weighted by atomic mass is 10.3. The van der Waals surface area contributed by atoms with Gasteiger partial charge in [-0.05, 0) is 44.9 Å². The van der Waals surface area contributed by atoms with Crippen molar-refractivity contribution in [2.24, 2.45) is 0 Å². The minimum absolute atomic E-state index is 0.123. The van der Waals surface area contributed by atoms with Crippen molar-refractivity contribution in [1.82, 2.24) is 0 Å². The Morgan fingerprint density at radius 1 is 0.929 bits per heavy atom. The summed E-state index contributed by atoms with van der Waals surface area (Å²) in [7, 11) is 0. The zero-order chi connectivity index (χ0) is 20.8. The maximum Gasteiger partial charge on any atom is 0.180 e. The van der Waals surface area contributed by atoms with Crippen LogP contribution in [0.2, 0.25) is 10.0 Å². The highest BCUT2D eigenvalue weighted by molar-refractivity contribution is 6.55. The maximum absolute atomic E-state index is 6.24. The van der Waals surface area contributed by atoms with E-state index in [0.29, 0.717) is 49.6 Å². The van der Waals surface area contributed by atoms with Crippen LogP contribution in [0.1, 0.15) is 26.7 Å². The lowest BCUT2D eigenvalue weighted by Gasteiger charge is -2.16. The lowest BCUT2D eigenvalue weighted by molar-refractivity contribution is -0.167. The van der Waals surface area contributed by atoms with Crippen LogP contribution in [0.5, 0.6) is 11.5 Å². The van der Waals surface area contributed by atoms with Crippen molar-refractivity contribution in [2.45, 2.75) is 33.0 Å². The van der Waals surface area contributed by atoms with E-state index < -0.39 is 0 Å². The third kappa shape index (κ3) is 10.4. The van der Waals surface area contributed by atoms with Crippen LogP contribution in [0.4, 0.5) is 0 Å². The summed E-state index contributed by atoms with van der Waals surface area (Å²) in [6.45, 7) is 6.71. The normalized spacial score (nSPS) is 11.0. The van der Waals surface area contributed by atoms with Gasteiger partial charge < -0.3 is 23.7 Å². The Balaban J connectivity index is 2.30. The molecule has 9 heteroatoms. The second kappa shape index (κ2) is 15.4. The van der Waals surface area contributed by atoms with Crippen LogP contribution in [0.15, 0.2) is 22.7 Å². The average Bonchev–Trinajstić information content (AvgIpc) is 2.66. The fraction of sp³-hybridized carbons (Fsp3) is 0.579. The zero-order valence-electron chi connectivity index (χ0n) is 16.0. The molecule has 0 spiro atoms. The maximum atomic E-state index is 6.24. The van der Waals surface area contributed by atoms with E-state index in [0.717, 1.165) is 12.8 Å². The molecule has 1 rings (SSSR count). The Morgan fingerprint density at radius 3 is 2.07 bits per heavy atom. The van der Waals surface area contributed by atoms with Crippen LogP contribution in [-0.2, 0) is 14.2 Å². The summed E-state index contributed by atoms with van der Waals surface area (Å²) in [5, 5.41) is 0.576. The highest BCUT2D eigenvalue weighted by atomic mass is 35.5. The largest absolute Gasteiger partial charge is 0.492 e. The minimum atomic E-state index is -0.316. The molecule has 0 aliphatic rings. The summed E-state index contributed by atoms with van der Waals surface area (Å²) >= 11 is 23.5. The number of hydrogen-bond acceptors (Lipinski definition) is 5. The van der Waals surface area contributed by atoms with Crippen LogP contribution in [-0.4, -0.2) is 45.9 Å². The molecule has 0 bridgehead atoms. The predicted molar refractivity (Wildman–Crippen MR) is 114 cm³/mol. The molecule has 0 saturated heterocycles. The summed E-state index contributed by atoms with van der Waals surface area (Å²) in [6.07, 6.45) is 2.83. The molecule has 0 heterocycles. The predicted octanol–water partition coefficient (Wildman–Crippen LogP) is 6.27.